The third kappa shape index (κ3) is 2.82. The number of rotatable bonds is 1. The fourth-order valence-corrected chi connectivity index (χ4v) is 2.32. The number of allylic oxidation sites excluding steroid dienone is 1. The average molecular weight is 319 g/mol. The van der Waals surface area contributed by atoms with E-state index in [0.29, 0.717) is 0 Å². The van der Waals surface area contributed by atoms with Crippen LogP contribution in [0.3, 0.4) is 0 Å². The zero-order chi connectivity index (χ0) is 15.2. The number of hydrogen-bond donors (Lipinski definition) is 3. The molecule has 2 atom stereocenters. The van der Waals surface area contributed by atoms with Gasteiger partial charge in [-0.3, -0.25) is 4.79 Å². The molecule has 0 bridgehead atoms. The zero-order valence-electron chi connectivity index (χ0n) is 9.90. The van der Waals surface area contributed by atoms with Gasteiger partial charge in [0, 0.05) is 0 Å². The normalized spacial score (nSPS) is 28.7. The first kappa shape index (κ1) is 16.1. The minimum absolute atomic E-state index is 0.121. The summed E-state index contributed by atoms with van der Waals surface area (Å²) >= 11 is 11.8. The Bertz CT molecular complexity index is 484. The molecule has 0 spiro atoms. The molecule has 0 heterocycles. The van der Waals surface area contributed by atoms with Gasteiger partial charge in [0.25, 0.3) is 0 Å². The van der Waals surface area contributed by atoms with Crippen molar-refractivity contribution in [3.8, 4) is 0 Å². The largest absolute Gasteiger partial charge is 0.471 e. The second-order valence-electron chi connectivity index (χ2n) is 4.22. The van der Waals surface area contributed by atoms with Crippen molar-refractivity contribution in [1.29, 1.82) is 0 Å². The molecule has 1 amide bonds. The van der Waals surface area contributed by atoms with E-state index in [1.54, 1.807) is 5.32 Å². The Labute approximate surface area is 117 Å². The van der Waals surface area contributed by atoms with E-state index in [0.717, 1.165) is 0 Å². The van der Waals surface area contributed by atoms with E-state index in [4.69, 9.17) is 28.9 Å². The van der Waals surface area contributed by atoms with E-state index in [9.17, 15) is 23.1 Å². The van der Waals surface area contributed by atoms with Gasteiger partial charge in [-0.25, -0.2) is 0 Å². The number of halogens is 5. The van der Waals surface area contributed by atoms with Gasteiger partial charge in [-0.15, -0.1) is 11.6 Å². The van der Waals surface area contributed by atoms with Gasteiger partial charge < -0.3 is 16.2 Å². The molecule has 0 radical (unpaired) electrons. The standard InChI is InChI=1S/C10H11Cl2F3N2O2/c1-3-5(16)4(11)6(9(2,12)7(3)18)17-8(19)10(13,14)15/h7,18H,16H2,1-2H3,(H,17,19). The van der Waals surface area contributed by atoms with Crippen molar-refractivity contribution in [2.45, 2.75) is 31.0 Å². The molecule has 0 fully saturated rings. The lowest BCUT2D eigenvalue weighted by atomic mass is 9.87. The Morgan fingerprint density at radius 1 is 1.53 bits per heavy atom. The van der Waals surface area contributed by atoms with Crippen molar-refractivity contribution < 1.29 is 23.1 Å². The van der Waals surface area contributed by atoms with E-state index in [-0.39, 0.29) is 16.3 Å². The predicted molar refractivity (Wildman–Crippen MR) is 64.2 cm³/mol. The van der Waals surface area contributed by atoms with Crippen LogP contribution in [0.2, 0.25) is 0 Å². The lowest BCUT2D eigenvalue weighted by molar-refractivity contribution is -0.172. The lowest BCUT2D eigenvalue weighted by Gasteiger charge is -2.36. The fourth-order valence-electron chi connectivity index (χ4n) is 1.57. The van der Waals surface area contributed by atoms with Crippen molar-refractivity contribution in [1.82, 2.24) is 5.32 Å². The van der Waals surface area contributed by atoms with Gasteiger partial charge in [0.2, 0.25) is 0 Å². The zero-order valence-corrected chi connectivity index (χ0v) is 11.4. The molecule has 1 aliphatic carbocycles. The summed E-state index contributed by atoms with van der Waals surface area (Å²) in [6.45, 7) is 2.66. The van der Waals surface area contributed by atoms with Gasteiger partial charge >= 0.3 is 12.1 Å². The highest BCUT2D eigenvalue weighted by Gasteiger charge is 2.47. The van der Waals surface area contributed by atoms with Crippen molar-refractivity contribution in [3.05, 3.63) is 22.0 Å². The SMILES string of the molecule is CC1=C(N)C(Cl)=C(NC(=O)C(F)(F)F)C(C)(Cl)C1O. The Balaban J connectivity index is 3.27. The van der Waals surface area contributed by atoms with Crippen LogP contribution in [0.25, 0.3) is 0 Å². The number of alkyl halides is 4. The molecule has 0 aromatic heterocycles. The summed E-state index contributed by atoms with van der Waals surface area (Å²) in [4.78, 5) is 9.22. The van der Waals surface area contributed by atoms with Crippen molar-refractivity contribution in [2.75, 3.05) is 0 Å². The summed E-state index contributed by atoms with van der Waals surface area (Å²) in [5.74, 6) is -2.24. The molecule has 1 aliphatic rings. The van der Waals surface area contributed by atoms with Crippen molar-refractivity contribution >= 4 is 29.1 Å². The van der Waals surface area contributed by atoms with E-state index >= 15 is 0 Å². The Morgan fingerprint density at radius 3 is 2.42 bits per heavy atom. The number of nitrogens with two attached hydrogens (primary N) is 1. The molecule has 4 N–H and O–H groups in total. The third-order valence-corrected chi connectivity index (χ3v) is 3.58. The topological polar surface area (TPSA) is 75.3 Å². The summed E-state index contributed by atoms with van der Waals surface area (Å²) in [5.41, 5.74) is 5.16. The summed E-state index contributed by atoms with van der Waals surface area (Å²) in [6, 6.07) is 0. The number of hydrogen-bond acceptors (Lipinski definition) is 3. The first-order valence-electron chi connectivity index (χ1n) is 5.02. The molecule has 0 aliphatic heterocycles. The van der Waals surface area contributed by atoms with E-state index in [2.05, 4.69) is 0 Å². The molecule has 1 rings (SSSR count). The number of carbonyl (C=O) groups is 1. The molecule has 4 nitrogen and oxygen atoms in total. The Kier molecular flexibility index (Phi) is 4.15. The maximum atomic E-state index is 12.2. The quantitative estimate of drug-likeness (QED) is 0.644. The maximum Gasteiger partial charge on any atom is 0.471 e. The van der Waals surface area contributed by atoms with Crippen molar-refractivity contribution in [2.24, 2.45) is 5.73 Å². The summed E-state index contributed by atoms with van der Waals surface area (Å²) < 4.78 is 36.7. The van der Waals surface area contributed by atoms with Gasteiger partial charge in [0.1, 0.15) is 11.0 Å². The number of amides is 1. The van der Waals surface area contributed by atoms with Crippen LogP contribution >= 0.6 is 23.2 Å². The van der Waals surface area contributed by atoms with Gasteiger partial charge in [-0.05, 0) is 19.4 Å². The molecule has 0 saturated heterocycles. The second kappa shape index (κ2) is 4.88. The highest BCUT2D eigenvalue weighted by atomic mass is 35.5. The van der Waals surface area contributed by atoms with E-state index < -0.39 is 28.8 Å². The van der Waals surface area contributed by atoms with Crippen LogP contribution < -0.4 is 11.1 Å². The highest BCUT2D eigenvalue weighted by molar-refractivity contribution is 6.35. The summed E-state index contributed by atoms with van der Waals surface area (Å²) in [7, 11) is 0. The van der Waals surface area contributed by atoms with E-state index in [1.165, 1.54) is 13.8 Å². The first-order chi connectivity index (χ1) is 8.40. The second-order valence-corrected chi connectivity index (χ2v) is 5.38. The molecule has 19 heavy (non-hydrogen) atoms. The number of carbonyl (C=O) groups excluding carboxylic acids is 1. The molecular formula is C10H11Cl2F3N2O2. The molecule has 2 unspecified atom stereocenters. The number of nitrogens with one attached hydrogen (secondary N) is 1. The number of aliphatic hydroxyl groups is 1. The molecule has 0 aromatic rings. The average Bonchev–Trinajstić information content (AvgIpc) is 2.28. The van der Waals surface area contributed by atoms with Crippen LogP contribution in [-0.4, -0.2) is 28.2 Å². The minimum Gasteiger partial charge on any atom is -0.397 e. The summed E-state index contributed by atoms with van der Waals surface area (Å²) in [6.07, 6.45) is -6.48. The molecule has 0 saturated carbocycles. The maximum absolute atomic E-state index is 12.2. The van der Waals surface area contributed by atoms with Crippen LogP contribution in [0.15, 0.2) is 22.0 Å². The molecule has 9 heteroatoms. The van der Waals surface area contributed by atoms with Crippen molar-refractivity contribution in [3.63, 3.8) is 0 Å². The van der Waals surface area contributed by atoms with Crippen LogP contribution in [-0.2, 0) is 4.79 Å². The van der Waals surface area contributed by atoms with E-state index in [1.807, 2.05) is 0 Å². The van der Waals surface area contributed by atoms with Crippen LogP contribution in [0.1, 0.15) is 13.8 Å². The molecule has 108 valence electrons. The van der Waals surface area contributed by atoms with Gasteiger partial charge in [0.05, 0.1) is 16.4 Å². The van der Waals surface area contributed by atoms with Crippen LogP contribution in [0, 0.1) is 0 Å². The summed E-state index contributed by atoms with van der Waals surface area (Å²) in [5, 5.41) is 11.1. The highest BCUT2D eigenvalue weighted by Crippen LogP contribution is 2.40. The Morgan fingerprint density at radius 2 is 2.00 bits per heavy atom. The van der Waals surface area contributed by atoms with Crippen LogP contribution in [0.4, 0.5) is 13.2 Å². The fraction of sp³-hybridized carbons (Fsp3) is 0.500. The van der Waals surface area contributed by atoms with Gasteiger partial charge in [-0.1, -0.05) is 11.6 Å². The number of aliphatic hydroxyl groups excluding tert-OH is 1. The monoisotopic (exact) mass is 318 g/mol. The molecule has 0 aromatic carbocycles. The Hall–Kier alpha value is -0.920. The van der Waals surface area contributed by atoms with Gasteiger partial charge in [-0.2, -0.15) is 13.2 Å². The minimum atomic E-state index is -5.10. The predicted octanol–water partition coefficient (Wildman–Crippen LogP) is 1.72. The molecular weight excluding hydrogens is 308 g/mol. The van der Waals surface area contributed by atoms with Gasteiger partial charge in [0.15, 0.2) is 0 Å². The first-order valence-corrected chi connectivity index (χ1v) is 5.78. The lowest BCUT2D eigenvalue weighted by Crippen LogP contribution is -2.49. The third-order valence-electron chi connectivity index (χ3n) is 2.79. The van der Waals surface area contributed by atoms with Crippen LogP contribution in [0.5, 0.6) is 0 Å². The smallest absolute Gasteiger partial charge is 0.397 e.